The molecule has 0 aliphatic carbocycles. The van der Waals surface area contributed by atoms with Gasteiger partial charge >= 0.3 is 0 Å². The molecule has 0 atom stereocenters. The first-order valence-electron chi connectivity index (χ1n) is 11.9. The van der Waals surface area contributed by atoms with Gasteiger partial charge in [-0.1, -0.05) is 48.5 Å². The Balaban J connectivity index is 1.72. The van der Waals surface area contributed by atoms with Crippen LogP contribution in [0.25, 0.3) is 0 Å². The second-order valence-electron chi connectivity index (χ2n) is 8.21. The number of ether oxygens (including phenoxy) is 2. The number of hydrogen-bond donors (Lipinski definition) is 0. The molecule has 0 bridgehead atoms. The number of nitrogens with zero attached hydrogens (tertiary/aromatic N) is 2. The van der Waals surface area contributed by atoms with Gasteiger partial charge in [0.1, 0.15) is 5.75 Å². The standard InChI is InChI=1S/C28H34N2O4S/c1-3-34-17-8-16-29(27(31)19-23-12-14-25(33-2)15-13-23)22-28(32)30(21-26-11-7-18-35-26)20-24-9-5-4-6-10-24/h4-7,9-15,18H,3,8,16-17,19-22H2,1-2H3. The number of hydrogen-bond acceptors (Lipinski definition) is 5. The van der Waals surface area contributed by atoms with Crippen molar-refractivity contribution >= 4 is 23.2 Å². The van der Waals surface area contributed by atoms with Gasteiger partial charge in [-0.3, -0.25) is 9.59 Å². The van der Waals surface area contributed by atoms with E-state index in [2.05, 4.69) is 0 Å². The minimum Gasteiger partial charge on any atom is -0.497 e. The molecule has 3 aromatic rings. The van der Waals surface area contributed by atoms with Gasteiger partial charge in [-0.2, -0.15) is 0 Å². The van der Waals surface area contributed by atoms with E-state index in [0.717, 1.165) is 21.8 Å². The minimum atomic E-state index is -0.0733. The molecule has 1 heterocycles. The summed E-state index contributed by atoms with van der Waals surface area (Å²) in [6.07, 6.45) is 0.911. The fourth-order valence-electron chi connectivity index (χ4n) is 3.71. The van der Waals surface area contributed by atoms with E-state index in [1.54, 1.807) is 23.3 Å². The maximum Gasteiger partial charge on any atom is 0.242 e. The Kier molecular flexibility index (Phi) is 10.8. The second-order valence-corrected chi connectivity index (χ2v) is 9.24. The summed E-state index contributed by atoms with van der Waals surface area (Å²) in [6.45, 7) is 4.66. The highest BCUT2D eigenvalue weighted by atomic mass is 32.1. The summed E-state index contributed by atoms with van der Waals surface area (Å²) in [4.78, 5) is 31.4. The summed E-state index contributed by atoms with van der Waals surface area (Å²) >= 11 is 1.63. The number of rotatable bonds is 14. The molecule has 0 fully saturated rings. The molecule has 2 amide bonds. The van der Waals surface area contributed by atoms with Crippen molar-refractivity contribution in [2.24, 2.45) is 0 Å². The Morgan fingerprint density at radius 3 is 2.29 bits per heavy atom. The molecule has 0 N–H and O–H groups in total. The van der Waals surface area contributed by atoms with Gasteiger partial charge < -0.3 is 19.3 Å². The third kappa shape index (κ3) is 8.85. The maximum absolute atomic E-state index is 13.5. The van der Waals surface area contributed by atoms with Crippen LogP contribution in [-0.4, -0.2) is 55.0 Å². The molecule has 3 rings (SSSR count). The molecule has 0 unspecified atom stereocenters. The van der Waals surface area contributed by atoms with E-state index in [1.165, 1.54) is 0 Å². The van der Waals surface area contributed by atoms with Gasteiger partial charge in [-0.25, -0.2) is 0 Å². The first-order valence-corrected chi connectivity index (χ1v) is 12.8. The molecule has 35 heavy (non-hydrogen) atoms. The zero-order chi connectivity index (χ0) is 24.9. The largest absolute Gasteiger partial charge is 0.497 e. The maximum atomic E-state index is 13.5. The average molecular weight is 495 g/mol. The molecular formula is C28H34N2O4S. The average Bonchev–Trinajstić information content (AvgIpc) is 3.39. The lowest BCUT2D eigenvalue weighted by Gasteiger charge is -2.28. The molecule has 1 aromatic heterocycles. The summed E-state index contributed by atoms with van der Waals surface area (Å²) in [6, 6.07) is 21.4. The molecule has 0 spiro atoms. The van der Waals surface area contributed by atoms with Crippen LogP contribution in [0.2, 0.25) is 0 Å². The number of thiophene rings is 1. The summed E-state index contributed by atoms with van der Waals surface area (Å²) in [5.74, 6) is 0.604. The second kappa shape index (κ2) is 14.3. The van der Waals surface area contributed by atoms with E-state index < -0.39 is 0 Å². The van der Waals surface area contributed by atoms with Crippen LogP contribution >= 0.6 is 11.3 Å². The first kappa shape index (κ1) is 26.4. The molecule has 0 aliphatic heterocycles. The molecule has 2 aromatic carbocycles. The van der Waals surface area contributed by atoms with Gasteiger partial charge in [0.15, 0.2) is 0 Å². The van der Waals surface area contributed by atoms with Crippen LogP contribution in [0.3, 0.4) is 0 Å². The van der Waals surface area contributed by atoms with Crippen LogP contribution in [0.15, 0.2) is 72.1 Å². The molecule has 0 radical (unpaired) electrons. The molecule has 186 valence electrons. The zero-order valence-electron chi connectivity index (χ0n) is 20.5. The predicted octanol–water partition coefficient (Wildman–Crippen LogP) is 4.78. The third-order valence-electron chi connectivity index (χ3n) is 5.61. The van der Waals surface area contributed by atoms with E-state index in [-0.39, 0.29) is 24.8 Å². The van der Waals surface area contributed by atoms with Crippen molar-refractivity contribution in [2.75, 3.05) is 33.4 Å². The van der Waals surface area contributed by atoms with E-state index >= 15 is 0 Å². The van der Waals surface area contributed by atoms with Gasteiger partial charge in [-0.05, 0) is 48.1 Å². The molecular weight excluding hydrogens is 460 g/mol. The summed E-state index contributed by atoms with van der Waals surface area (Å²) in [7, 11) is 1.61. The highest BCUT2D eigenvalue weighted by molar-refractivity contribution is 7.09. The highest BCUT2D eigenvalue weighted by Gasteiger charge is 2.22. The molecule has 6 nitrogen and oxygen atoms in total. The monoisotopic (exact) mass is 494 g/mol. The molecule has 7 heteroatoms. The Hall–Kier alpha value is -3.16. The van der Waals surface area contributed by atoms with Crippen molar-refractivity contribution < 1.29 is 19.1 Å². The topological polar surface area (TPSA) is 59.1 Å². The Morgan fingerprint density at radius 1 is 0.857 bits per heavy atom. The van der Waals surface area contributed by atoms with Crippen molar-refractivity contribution in [3.63, 3.8) is 0 Å². The summed E-state index contributed by atoms with van der Waals surface area (Å²) < 4.78 is 10.7. The fraction of sp³-hybridized carbons (Fsp3) is 0.357. The lowest BCUT2D eigenvalue weighted by Crippen LogP contribution is -2.43. The predicted molar refractivity (Wildman–Crippen MR) is 139 cm³/mol. The zero-order valence-corrected chi connectivity index (χ0v) is 21.3. The third-order valence-corrected chi connectivity index (χ3v) is 6.47. The van der Waals surface area contributed by atoms with E-state index in [4.69, 9.17) is 9.47 Å². The van der Waals surface area contributed by atoms with Crippen LogP contribution in [0.1, 0.15) is 29.3 Å². The van der Waals surface area contributed by atoms with Crippen molar-refractivity contribution in [3.8, 4) is 5.75 Å². The van der Waals surface area contributed by atoms with Crippen LogP contribution in [-0.2, 0) is 33.8 Å². The number of benzene rings is 2. The van der Waals surface area contributed by atoms with Gasteiger partial charge in [0.25, 0.3) is 0 Å². The van der Waals surface area contributed by atoms with Crippen molar-refractivity contribution in [1.29, 1.82) is 0 Å². The summed E-state index contributed by atoms with van der Waals surface area (Å²) in [5, 5.41) is 2.01. The van der Waals surface area contributed by atoms with E-state index in [1.807, 2.05) is 83.9 Å². The van der Waals surface area contributed by atoms with Crippen molar-refractivity contribution in [1.82, 2.24) is 9.80 Å². The van der Waals surface area contributed by atoms with E-state index in [0.29, 0.717) is 39.3 Å². The SMILES string of the molecule is CCOCCCN(CC(=O)N(Cc1ccccc1)Cc1cccs1)C(=O)Cc1ccc(OC)cc1. The number of amides is 2. The molecule has 0 saturated heterocycles. The highest BCUT2D eigenvalue weighted by Crippen LogP contribution is 2.16. The Morgan fingerprint density at radius 2 is 1.63 bits per heavy atom. The first-order chi connectivity index (χ1) is 17.1. The van der Waals surface area contributed by atoms with Crippen LogP contribution in [0.4, 0.5) is 0 Å². The lowest BCUT2D eigenvalue weighted by molar-refractivity contribution is -0.141. The Labute approximate surface area is 212 Å². The van der Waals surface area contributed by atoms with Gasteiger partial charge in [0.2, 0.25) is 11.8 Å². The number of methoxy groups -OCH3 is 1. The van der Waals surface area contributed by atoms with Gasteiger partial charge in [0.05, 0.1) is 26.6 Å². The quantitative estimate of drug-likeness (QED) is 0.303. The fourth-order valence-corrected chi connectivity index (χ4v) is 4.43. The summed E-state index contributed by atoms with van der Waals surface area (Å²) in [5.41, 5.74) is 1.95. The van der Waals surface area contributed by atoms with Crippen molar-refractivity contribution in [3.05, 3.63) is 88.1 Å². The minimum absolute atomic E-state index is 0.0410. The van der Waals surface area contributed by atoms with Gasteiger partial charge in [0, 0.05) is 31.2 Å². The van der Waals surface area contributed by atoms with E-state index in [9.17, 15) is 9.59 Å². The van der Waals surface area contributed by atoms with Crippen LogP contribution < -0.4 is 4.74 Å². The smallest absolute Gasteiger partial charge is 0.242 e. The van der Waals surface area contributed by atoms with Crippen LogP contribution in [0, 0.1) is 0 Å². The lowest BCUT2D eigenvalue weighted by atomic mass is 10.1. The number of carbonyl (C=O) groups is 2. The normalized spacial score (nSPS) is 10.7. The molecule has 0 saturated carbocycles. The van der Waals surface area contributed by atoms with Crippen molar-refractivity contribution in [2.45, 2.75) is 32.9 Å². The number of carbonyl (C=O) groups excluding carboxylic acids is 2. The van der Waals surface area contributed by atoms with Gasteiger partial charge in [-0.15, -0.1) is 11.3 Å². The van der Waals surface area contributed by atoms with Crippen LogP contribution in [0.5, 0.6) is 5.75 Å². The Bertz CT molecular complexity index is 1020. The molecule has 0 aliphatic rings.